The Kier molecular flexibility index (Phi) is 7.80. The molecule has 30 heavy (non-hydrogen) atoms. The summed E-state index contributed by atoms with van der Waals surface area (Å²) in [7, 11) is 2.24. The van der Waals surface area contributed by atoms with Crippen LogP contribution in [-0.4, -0.2) is 85.6 Å². The van der Waals surface area contributed by atoms with Crippen LogP contribution in [0.3, 0.4) is 0 Å². The van der Waals surface area contributed by atoms with Gasteiger partial charge in [0.2, 0.25) is 5.91 Å². The van der Waals surface area contributed by atoms with Gasteiger partial charge in [-0.25, -0.2) is 0 Å². The number of piperidine rings is 3. The van der Waals surface area contributed by atoms with Crippen molar-refractivity contribution in [3.05, 3.63) is 35.9 Å². The molecule has 1 aromatic rings. The van der Waals surface area contributed by atoms with Crippen LogP contribution >= 0.6 is 0 Å². The standard InChI is InChI=1S/C25H40N4O/c1-27-16-10-23(11-17-27)28-18-12-24(13-19-28)29-15-5-8-22(20-29)25(30)26-14-9-21-6-3-2-4-7-21/h2-4,6-7,22-24H,5,8-20H2,1H3,(H,26,30)/t22-/m0/s1. The second-order valence-corrected chi connectivity index (χ2v) is 9.66. The summed E-state index contributed by atoms with van der Waals surface area (Å²) in [5.41, 5.74) is 1.29. The lowest BCUT2D eigenvalue weighted by atomic mass is 9.92. The van der Waals surface area contributed by atoms with Crippen LogP contribution in [0.2, 0.25) is 0 Å². The fraction of sp³-hybridized carbons (Fsp3) is 0.720. The normalized spacial score (nSPS) is 26.0. The second kappa shape index (κ2) is 10.7. The third-order valence-electron chi connectivity index (χ3n) is 7.60. The quantitative estimate of drug-likeness (QED) is 0.780. The molecule has 1 atom stereocenters. The van der Waals surface area contributed by atoms with Gasteiger partial charge >= 0.3 is 0 Å². The summed E-state index contributed by atoms with van der Waals surface area (Å²) < 4.78 is 0. The molecule has 4 rings (SSSR count). The molecule has 3 saturated heterocycles. The van der Waals surface area contributed by atoms with Gasteiger partial charge < -0.3 is 15.1 Å². The van der Waals surface area contributed by atoms with Crippen LogP contribution in [0.1, 0.15) is 44.1 Å². The first-order valence-electron chi connectivity index (χ1n) is 12.2. The molecule has 0 bridgehead atoms. The fourth-order valence-electron chi connectivity index (χ4n) is 5.65. The molecule has 1 amide bonds. The Labute approximate surface area is 182 Å². The third-order valence-corrected chi connectivity index (χ3v) is 7.60. The largest absolute Gasteiger partial charge is 0.355 e. The van der Waals surface area contributed by atoms with Crippen molar-refractivity contribution < 1.29 is 4.79 Å². The Morgan fingerprint density at radius 1 is 0.900 bits per heavy atom. The highest BCUT2D eigenvalue weighted by molar-refractivity contribution is 5.79. The molecule has 0 aliphatic carbocycles. The van der Waals surface area contributed by atoms with Gasteiger partial charge in [-0.1, -0.05) is 30.3 Å². The van der Waals surface area contributed by atoms with E-state index in [0.717, 1.165) is 38.4 Å². The van der Waals surface area contributed by atoms with Gasteiger partial charge in [0.1, 0.15) is 0 Å². The molecule has 3 heterocycles. The molecule has 1 N–H and O–H groups in total. The summed E-state index contributed by atoms with van der Waals surface area (Å²) in [6.07, 6.45) is 8.32. The van der Waals surface area contributed by atoms with Crippen molar-refractivity contribution in [2.24, 2.45) is 5.92 Å². The molecule has 0 saturated carbocycles. The van der Waals surface area contributed by atoms with Crippen molar-refractivity contribution >= 4 is 5.91 Å². The van der Waals surface area contributed by atoms with Crippen LogP contribution < -0.4 is 5.32 Å². The molecule has 1 aromatic carbocycles. The van der Waals surface area contributed by atoms with Gasteiger partial charge in [0.15, 0.2) is 0 Å². The summed E-state index contributed by atoms with van der Waals surface area (Å²) >= 11 is 0. The van der Waals surface area contributed by atoms with Gasteiger partial charge in [-0.15, -0.1) is 0 Å². The number of nitrogens with one attached hydrogen (secondary N) is 1. The molecule has 3 aliphatic rings. The molecular weight excluding hydrogens is 372 g/mol. The van der Waals surface area contributed by atoms with E-state index in [1.807, 2.05) is 6.07 Å². The van der Waals surface area contributed by atoms with Crippen LogP contribution in [0.15, 0.2) is 30.3 Å². The average Bonchev–Trinajstić information content (AvgIpc) is 2.80. The highest BCUT2D eigenvalue weighted by atomic mass is 16.1. The molecular formula is C25H40N4O. The van der Waals surface area contributed by atoms with E-state index >= 15 is 0 Å². The van der Waals surface area contributed by atoms with Crippen LogP contribution in [0, 0.1) is 5.92 Å². The molecule has 0 aromatic heterocycles. The van der Waals surface area contributed by atoms with Gasteiger partial charge in [-0.2, -0.15) is 0 Å². The Morgan fingerprint density at radius 3 is 2.30 bits per heavy atom. The number of rotatable bonds is 6. The summed E-state index contributed by atoms with van der Waals surface area (Å²) in [5.74, 6) is 0.431. The van der Waals surface area contributed by atoms with Crippen LogP contribution in [-0.2, 0) is 11.2 Å². The zero-order valence-corrected chi connectivity index (χ0v) is 18.8. The molecule has 0 unspecified atom stereocenters. The zero-order chi connectivity index (χ0) is 20.8. The number of hydrogen-bond donors (Lipinski definition) is 1. The van der Waals surface area contributed by atoms with Crippen LogP contribution in [0.4, 0.5) is 0 Å². The number of carbonyl (C=O) groups excluding carboxylic acids is 1. The van der Waals surface area contributed by atoms with Crippen LogP contribution in [0.5, 0.6) is 0 Å². The SMILES string of the molecule is CN1CCC(N2CCC(N3CCC[C@H](C(=O)NCCc4ccccc4)C3)CC2)CC1. The molecule has 0 radical (unpaired) electrons. The Hall–Kier alpha value is -1.43. The van der Waals surface area contributed by atoms with Crippen molar-refractivity contribution in [1.82, 2.24) is 20.0 Å². The monoisotopic (exact) mass is 412 g/mol. The topological polar surface area (TPSA) is 38.8 Å². The summed E-state index contributed by atoms with van der Waals surface area (Å²) in [6, 6.07) is 11.9. The van der Waals surface area contributed by atoms with Crippen molar-refractivity contribution in [3.63, 3.8) is 0 Å². The third kappa shape index (κ3) is 5.83. The minimum atomic E-state index is 0.168. The smallest absolute Gasteiger partial charge is 0.224 e. The second-order valence-electron chi connectivity index (χ2n) is 9.66. The first-order chi connectivity index (χ1) is 14.7. The number of benzene rings is 1. The van der Waals surface area contributed by atoms with Gasteiger partial charge in [-0.3, -0.25) is 9.69 Å². The van der Waals surface area contributed by atoms with Crippen LogP contribution in [0.25, 0.3) is 0 Å². The molecule has 3 fully saturated rings. The number of likely N-dealkylation sites (tertiary alicyclic amines) is 3. The molecule has 0 spiro atoms. The number of carbonyl (C=O) groups is 1. The minimum absolute atomic E-state index is 0.168. The van der Waals surface area contributed by atoms with E-state index in [9.17, 15) is 4.79 Å². The van der Waals surface area contributed by atoms with E-state index in [1.54, 1.807) is 0 Å². The first-order valence-corrected chi connectivity index (χ1v) is 12.2. The number of amides is 1. The molecule has 166 valence electrons. The van der Waals surface area contributed by atoms with Gasteiger partial charge in [0.25, 0.3) is 0 Å². The minimum Gasteiger partial charge on any atom is -0.355 e. The lowest BCUT2D eigenvalue weighted by molar-refractivity contribution is -0.127. The Bertz CT molecular complexity index is 650. The summed E-state index contributed by atoms with van der Waals surface area (Å²) in [6.45, 7) is 7.85. The molecule has 5 nitrogen and oxygen atoms in total. The fourth-order valence-corrected chi connectivity index (χ4v) is 5.65. The van der Waals surface area contributed by atoms with Gasteiger partial charge in [-0.05, 0) is 90.3 Å². The average molecular weight is 413 g/mol. The van der Waals surface area contributed by atoms with Crippen molar-refractivity contribution in [2.75, 3.05) is 52.9 Å². The zero-order valence-electron chi connectivity index (χ0n) is 18.8. The Balaban J connectivity index is 1.19. The van der Waals surface area contributed by atoms with E-state index in [-0.39, 0.29) is 11.8 Å². The van der Waals surface area contributed by atoms with E-state index in [0.29, 0.717) is 6.04 Å². The molecule has 3 aliphatic heterocycles. The number of hydrogen-bond acceptors (Lipinski definition) is 4. The van der Waals surface area contributed by atoms with E-state index in [1.165, 1.54) is 64.0 Å². The highest BCUT2D eigenvalue weighted by Gasteiger charge is 2.33. The lowest BCUT2D eigenvalue weighted by Crippen LogP contribution is -2.53. The van der Waals surface area contributed by atoms with Crippen molar-refractivity contribution in [1.29, 1.82) is 0 Å². The van der Waals surface area contributed by atoms with E-state index < -0.39 is 0 Å². The summed E-state index contributed by atoms with van der Waals surface area (Å²) in [5, 5.41) is 3.20. The predicted molar refractivity (Wildman–Crippen MR) is 123 cm³/mol. The van der Waals surface area contributed by atoms with Gasteiger partial charge in [0, 0.05) is 25.2 Å². The summed E-state index contributed by atoms with van der Waals surface area (Å²) in [4.78, 5) is 20.6. The first kappa shape index (κ1) is 21.8. The highest BCUT2D eigenvalue weighted by Crippen LogP contribution is 2.26. The maximum Gasteiger partial charge on any atom is 0.224 e. The predicted octanol–water partition coefficient (Wildman–Crippen LogP) is 2.62. The van der Waals surface area contributed by atoms with Crippen molar-refractivity contribution in [3.8, 4) is 0 Å². The lowest BCUT2D eigenvalue weighted by Gasteiger charge is -2.45. The van der Waals surface area contributed by atoms with Crippen molar-refractivity contribution in [2.45, 2.75) is 57.0 Å². The van der Waals surface area contributed by atoms with E-state index in [2.05, 4.69) is 51.3 Å². The Morgan fingerprint density at radius 2 is 1.57 bits per heavy atom. The molecule has 5 heteroatoms. The maximum atomic E-state index is 12.8. The van der Waals surface area contributed by atoms with Gasteiger partial charge in [0.05, 0.1) is 5.92 Å². The maximum absolute atomic E-state index is 12.8. The number of nitrogens with zero attached hydrogens (tertiary/aromatic N) is 3. The van der Waals surface area contributed by atoms with E-state index in [4.69, 9.17) is 0 Å².